The Labute approximate surface area is 156 Å². The molecule has 0 saturated carbocycles. The minimum absolute atomic E-state index is 0.000429. The van der Waals surface area contributed by atoms with Crippen molar-refractivity contribution in [3.63, 3.8) is 0 Å². The lowest BCUT2D eigenvalue weighted by molar-refractivity contribution is -0.120. The lowest BCUT2D eigenvalue weighted by Crippen LogP contribution is -2.24. The molecule has 1 amide bonds. The summed E-state index contributed by atoms with van der Waals surface area (Å²) in [7, 11) is 4.10. The Balaban J connectivity index is 1.49. The first kappa shape index (κ1) is 17.8. The number of thiazole rings is 1. The fraction of sp³-hybridized carbons (Fsp3) is 0.263. The zero-order valence-electron chi connectivity index (χ0n) is 14.4. The highest BCUT2D eigenvalue weighted by molar-refractivity contribution is 7.14. The van der Waals surface area contributed by atoms with Crippen LogP contribution in [0.15, 0.2) is 46.5 Å². The van der Waals surface area contributed by atoms with Crippen molar-refractivity contribution >= 4 is 28.6 Å². The van der Waals surface area contributed by atoms with Gasteiger partial charge in [0, 0.05) is 29.4 Å². The second kappa shape index (κ2) is 8.38. The minimum atomic E-state index is -0.000429. The van der Waals surface area contributed by atoms with Gasteiger partial charge in [-0.2, -0.15) is 11.3 Å². The number of nitrogens with zero attached hydrogens (tertiary/aromatic N) is 2. The summed E-state index contributed by atoms with van der Waals surface area (Å²) in [4.78, 5) is 18.8. The monoisotopic (exact) mass is 371 g/mol. The lowest BCUT2D eigenvalue weighted by atomic mass is 10.1. The number of thiophene rings is 1. The molecule has 25 heavy (non-hydrogen) atoms. The smallest absolute Gasteiger partial charge is 0.226 e. The summed E-state index contributed by atoms with van der Waals surface area (Å²) in [5.74, 6) is -0.000429. The molecule has 1 N–H and O–H groups in total. The third kappa shape index (κ3) is 5.22. The first-order chi connectivity index (χ1) is 12.1. The highest BCUT2D eigenvalue weighted by Crippen LogP contribution is 2.25. The molecular formula is C19H21N3OS2. The summed E-state index contributed by atoms with van der Waals surface area (Å²) >= 11 is 3.23. The maximum absolute atomic E-state index is 12.1. The predicted molar refractivity (Wildman–Crippen MR) is 105 cm³/mol. The van der Waals surface area contributed by atoms with Crippen LogP contribution in [0.4, 0.5) is 0 Å². The van der Waals surface area contributed by atoms with Crippen LogP contribution in [0.3, 0.4) is 0 Å². The lowest BCUT2D eigenvalue weighted by Gasteiger charge is -2.10. The Morgan fingerprint density at radius 2 is 1.88 bits per heavy atom. The summed E-state index contributed by atoms with van der Waals surface area (Å²) in [5.41, 5.74) is 4.32. The molecule has 3 rings (SSSR count). The summed E-state index contributed by atoms with van der Waals surface area (Å²) < 4.78 is 0. The van der Waals surface area contributed by atoms with Crippen molar-refractivity contribution < 1.29 is 4.79 Å². The molecule has 2 heterocycles. The van der Waals surface area contributed by atoms with Crippen LogP contribution in [0, 0.1) is 0 Å². The number of hydrogen-bond acceptors (Lipinski definition) is 5. The van der Waals surface area contributed by atoms with E-state index in [1.54, 1.807) is 22.7 Å². The quantitative estimate of drug-likeness (QED) is 0.687. The molecular weight excluding hydrogens is 350 g/mol. The van der Waals surface area contributed by atoms with Gasteiger partial charge in [0.05, 0.1) is 12.1 Å². The molecule has 0 fully saturated rings. The van der Waals surface area contributed by atoms with Gasteiger partial charge in [-0.25, -0.2) is 4.98 Å². The summed E-state index contributed by atoms with van der Waals surface area (Å²) in [6, 6.07) is 10.4. The Morgan fingerprint density at radius 1 is 1.12 bits per heavy atom. The second-order valence-corrected chi connectivity index (χ2v) is 7.80. The van der Waals surface area contributed by atoms with Gasteiger partial charge in [0.2, 0.25) is 5.91 Å². The molecule has 0 radical (unpaired) electrons. The Hall–Kier alpha value is -2.02. The number of hydrogen-bond donors (Lipinski definition) is 1. The van der Waals surface area contributed by atoms with Crippen LogP contribution in [0.5, 0.6) is 0 Å². The van der Waals surface area contributed by atoms with E-state index in [1.165, 1.54) is 5.56 Å². The third-order valence-corrected chi connectivity index (χ3v) is 5.30. The summed E-state index contributed by atoms with van der Waals surface area (Å²) in [6.45, 7) is 1.46. The largest absolute Gasteiger partial charge is 0.352 e. The van der Waals surface area contributed by atoms with E-state index in [9.17, 15) is 4.79 Å². The van der Waals surface area contributed by atoms with Crippen LogP contribution in [0.2, 0.25) is 0 Å². The summed E-state index contributed by atoms with van der Waals surface area (Å²) in [6.07, 6.45) is 0.319. The van der Waals surface area contributed by atoms with Crippen LogP contribution < -0.4 is 5.32 Å². The number of carbonyl (C=O) groups excluding carboxylic acids is 1. The number of rotatable bonds is 7. The Bertz CT molecular complexity index is 808. The van der Waals surface area contributed by atoms with E-state index in [0.29, 0.717) is 13.0 Å². The van der Waals surface area contributed by atoms with Crippen LogP contribution in [-0.4, -0.2) is 29.9 Å². The number of benzene rings is 1. The molecule has 0 aliphatic heterocycles. The van der Waals surface area contributed by atoms with Crippen molar-refractivity contribution in [2.75, 3.05) is 14.1 Å². The van der Waals surface area contributed by atoms with Crippen molar-refractivity contribution in [3.8, 4) is 10.6 Å². The van der Waals surface area contributed by atoms with E-state index in [4.69, 9.17) is 0 Å². The van der Waals surface area contributed by atoms with E-state index >= 15 is 0 Å². The van der Waals surface area contributed by atoms with E-state index < -0.39 is 0 Å². The number of amides is 1. The van der Waals surface area contributed by atoms with E-state index in [0.717, 1.165) is 28.4 Å². The van der Waals surface area contributed by atoms with Gasteiger partial charge >= 0.3 is 0 Å². The van der Waals surface area contributed by atoms with E-state index in [1.807, 2.05) is 16.8 Å². The molecule has 6 heteroatoms. The minimum Gasteiger partial charge on any atom is -0.352 e. The van der Waals surface area contributed by atoms with Gasteiger partial charge in [0.15, 0.2) is 0 Å². The standard InChI is InChI=1S/C19H21N3OS2/c1-22(2)11-15-5-3-14(4-6-15)10-20-18(23)9-17-13-25-19(21-17)16-7-8-24-12-16/h3-8,12-13H,9-11H2,1-2H3,(H,20,23). The van der Waals surface area contributed by atoms with Crippen LogP contribution in [0.1, 0.15) is 16.8 Å². The zero-order chi connectivity index (χ0) is 17.6. The first-order valence-corrected chi connectivity index (χ1v) is 9.88. The van der Waals surface area contributed by atoms with Crippen molar-refractivity contribution in [2.45, 2.75) is 19.5 Å². The average Bonchev–Trinajstić information content (AvgIpc) is 3.25. The predicted octanol–water partition coefficient (Wildman–Crippen LogP) is 3.79. The molecule has 1 aromatic carbocycles. The fourth-order valence-electron chi connectivity index (χ4n) is 2.46. The van der Waals surface area contributed by atoms with Gasteiger partial charge in [-0.3, -0.25) is 4.79 Å². The zero-order valence-corrected chi connectivity index (χ0v) is 16.0. The van der Waals surface area contributed by atoms with Crippen molar-refractivity contribution in [3.05, 3.63) is 63.3 Å². The van der Waals surface area contributed by atoms with Gasteiger partial charge in [-0.1, -0.05) is 24.3 Å². The molecule has 3 aromatic rings. The molecule has 130 valence electrons. The second-order valence-electron chi connectivity index (χ2n) is 6.16. The molecule has 0 spiro atoms. The normalized spacial score (nSPS) is 11.0. The van der Waals surface area contributed by atoms with Crippen LogP contribution >= 0.6 is 22.7 Å². The average molecular weight is 372 g/mol. The molecule has 0 saturated heterocycles. The molecule has 0 aliphatic carbocycles. The van der Waals surface area contributed by atoms with Crippen molar-refractivity contribution in [1.29, 1.82) is 0 Å². The van der Waals surface area contributed by atoms with E-state index in [2.05, 4.69) is 58.9 Å². The number of nitrogens with one attached hydrogen (secondary N) is 1. The maximum Gasteiger partial charge on any atom is 0.226 e. The molecule has 0 aliphatic rings. The summed E-state index contributed by atoms with van der Waals surface area (Å²) in [5, 5.41) is 10.0. The van der Waals surface area contributed by atoms with Crippen LogP contribution in [0.25, 0.3) is 10.6 Å². The highest BCUT2D eigenvalue weighted by atomic mass is 32.1. The topological polar surface area (TPSA) is 45.2 Å². The maximum atomic E-state index is 12.1. The molecule has 0 atom stereocenters. The molecule has 0 bridgehead atoms. The van der Waals surface area contributed by atoms with Gasteiger partial charge in [-0.05, 0) is 36.7 Å². The van der Waals surface area contributed by atoms with Gasteiger partial charge < -0.3 is 10.2 Å². The molecule has 4 nitrogen and oxygen atoms in total. The Morgan fingerprint density at radius 3 is 2.56 bits per heavy atom. The van der Waals surface area contributed by atoms with Crippen LogP contribution in [-0.2, 0) is 24.3 Å². The number of carbonyl (C=O) groups is 1. The van der Waals surface area contributed by atoms with Gasteiger partial charge in [-0.15, -0.1) is 11.3 Å². The first-order valence-electron chi connectivity index (χ1n) is 8.06. The van der Waals surface area contributed by atoms with Crippen molar-refractivity contribution in [1.82, 2.24) is 15.2 Å². The fourth-order valence-corrected chi connectivity index (χ4v) is 3.99. The third-order valence-electron chi connectivity index (χ3n) is 3.67. The highest BCUT2D eigenvalue weighted by Gasteiger charge is 2.09. The van der Waals surface area contributed by atoms with Gasteiger partial charge in [0.25, 0.3) is 0 Å². The SMILES string of the molecule is CN(C)Cc1ccc(CNC(=O)Cc2csc(-c3ccsc3)n2)cc1. The van der Waals surface area contributed by atoms with E-state index in [-0.39, 0.29) is 5.91 Å². The molecule has 0 unspecified atom stereocenters. The Kier molecular flexibility index (Phi) is 5.96. The molecule has 2 aromatic heterocycles. The number of aromatic nitrogens is 1. The van der Waals surface area contributed by atoms with Crippen molar-refractivity contribution in [2.24, 2.45) is 0 Å². The van der Waals surface area contributed by atoms with Gasteiger partial charge in [0.1, 0.15) is 5.01 Å².